The summed E-state index contributed by atoms with van der Waals surface area (Å²) < 4.78 is 17.9. The van der Waals surface area contributed by atoms with Gasteiger partial charge in [-0.2, -0.15) is 0 Å². The SMILES string of the molecule is C=C1CC[C@H]2[C@@H](/C=C(\C)C(=O)[C@@]3(OC(C)=O)C[C@H](C)[C@H](OC(=O)c4ccccc4)[C@@H]3[C@@H]1OC(C)=O)C2(C)C. The number of carbonyl (C=O) groups is 4. The van der Waals surface area contributed by atoms with E-state index in [2.05, 4.69) is 20.4 Å². The van der Waals surface area contributed by atoms with Crippen LogP contribution in [0.4, 0.5) is 0 Å². The molecule has 0 aliphatic heterocycles. The van der Waals surface area contributed by atoms with Gasteiger partial charge in [0.2, 0.25) is 5.78 Å². The topological polar surface area (TPSA) is 96.0 Å². The summed E-state index contributed by atoms with van der Waals surface area (Å²) >= 11 is 0. The van der Waals surface area contributed by atoms with E-state index in [9.17, 15) is 19.2 Å². The fourth-order valence-electron chi connectivity index (χ4n) is 6.80. The van der Waals surface area contributed by atoms with Crippen LogP contribution in [0.15, 0.2) is 54.1 Å². The number of hydrogen-bond acceptors (Lipinski definition) is 7. The van der Waals surface area contributed by atoms with Crippen molar-refractivity contribution >= 4 is 23.7 Å². The molecule has 1 aromatic carbocycles. The molecule has 0 amide bonds. The van der Waals surface area contributed by atoms with Crippen molar-refractivity contribution in [3.63, 3.8) is 0 Å². The number of ketones is 1. The summed E-state index contributed by atoms with van der Waals surface area (Å²) in [5, 5.41) is 0. The van der Waals surface area contributed by atoms with Crippen molar-refractivity contribution < 1.29 is 33.4 Å². The van der Waals surface area contributed by atoms with Crippen LogP contribution in [0.1, 0.15) is 71.2 Å². The minimum atomic E-state index is -1.69. The Morgan fingerprint density at radius 2 is 1.68 bits per heavy atom. The molecule has 1 aromatic rings. The van der Waals surface area contributed by atoms with E-state index in [0.717, 1.165) is 6.42 Å². The molecule has 4 rings (SSSR count). The van der Waals surface area contributed by atoms with Crippen LogP contribution in [-0.2, 0) is 28.6 Å². The standard InChI is InChI=1S/C31H38O7/c1-17-13-14-23-24(30(23,6)7)15-18(2)28(34)31(38-21(5)33)16-19(3)27(25(31)26(17)36-20(4)32)37-29(35)22-11-9-8-10-12-22/h8-12,15,19,23-27H,1,13-14,16H2,2-7H3/b18-15+/t19-,23-,24+,25-,26+,27-,31+/m0/s1. The van der Waals surface area contributed by atoms with Crippen LogP contribution < -0.4 is 0 Å². The Labute approximate surface area is 224 Å². The number of benzene rings is 1. The summed E-state index contributed by atoms with van der Waals surface area (Å²) in [5.41, 5.74) is -0.203. The summed E-state index contributed by atoms with van der Waals surface area (Å²) in [7, 11) is 0. The van der Waals surface area contributed by atoms with Gasteiger partial charge in [-0.3, -0.25) is 14.4 Å². The second-order valence-electron chi connectivity index (χ2n) is 11.8. The Morgan fingerprint density at radius 1 is 1.03 bits per heavy atom. The predicted molar refractivity (Wildman–Crippen MR) is 141 cm³/mol. The van der Waals surface area contributed by atoms with Crippen LogP contribution in [0.5, 0.6) is 0 Å². The fourth-order valence-corrected chi connectivity index (χ4v) is 6.80. The molecule has 2 saturated carbocycles. The number of rotatable bonds is 4. The van der Waals surface area contributed by atoms with Gasteiger partial charge in [-0.1, -0.05) is 51.6 Å². The average molecular weight is 523 g/mol. The van der Waals surface area contributed by atoms with Gasteiger partial charge in [0.25, 0.3) is 0 Å². The van der Waals surface area contributed by atoms with Crippen molar-refractivity contribution in [2.75, 3.05) is 0 Å². The van der Waals surface area contributed by atoms with E-state index in [1.165, 1.54) is 13.8 Å². The summed E-state index contributed by atoms with van der Waals surface area (Å²) in [6, 6.07) is 8.56. The van der Waals surface area contributed by atoms with Crippen molar-refractivity contribution in [2.24, 2.45) is 29.1 Å². The molecule has 2 fully saturated rings. The van der Waals surface area contributed by atoms with Crippen molar-refractivity contribution in [1.29, 1.82) is 0 Å². The van der Waals surface area contributed by atoms with Crippen LogP contribution in [0.2, 0.25) is 0 Å². The molecule has 0 N–H and O–H groups in total. The van der Waals surface area contributed by atoms with Crippen molar-refractivity contribution in [2.45, 2.75) is 78.6 Å². The van der Waals surface area contributed by atoms with E-state index >= 15 is 0 Å². The molecular weight excluding hydrogens is 484 g/mol. The minimum absolute atomic E-state index is 0.0165. The molecular formula is C31H38O7. The Morgan fingerprint density at radius 3 is 2.29 bits per heavy atom. The lowest BCUT2D eigenvalue weighted by Crippen LogP contribution is -2.55. The molecule has 38 heavy (non-hydrogen) atoms. The Kier molecular flexibility index (Phi) is 7.43. The third-order valence-corrected chi connectivity index (χ3v) is 8.77. The van der Waals surface area contributed by atoms with Gasteiger partial charge in [0, 0.05) is 20.3 Å². The molecule has 0 saturated heterocycles. The number of hydrogen-bond donors (Lipinski definition) is 0. The van der Waals surface area contributed by atoms with E-state index in [0.29, 0.717) is 29.0 Å². The molecule has 0 radical (unpaired) electrons. The van der Waals surface area contributed by atoms with Crippen LogP contribution in [0, 0.1) is 29.1 Å². The van der Waals surface area contributed by atoms with Gasteiger partial charge in [0.1, 0.15) is 12.2 Å². The number of Topliss-reactive ketones (excluding diaryl/α,β-unsaturated/α-hetero) is 1. The van der Waals surface area contributed by atoms with Crippen molar-refractivity contribution in [3.8, 4) is 0 Å². The first-order valence-corrected chi connectivity index (χ1v) is 13.3. The molecule has 204 valence electrons. The second-order valence-corrected chi connectivity index (χ2v) is 11.8. The molecule has 0 unspecified atom stereocenters. The number of carbonyl (C=O) groups excluding carboxylic acids is 4. The Balaban J connectivity index is 1.87. The lowest BCUT2D eigenvalue weighted by molar-refractivity contribution is -0.179. The van der Waals surface area contributed by atoms with E-state index in [1.807, 2.05) is 13.0 Å². The second kappa shape index (κ2) is 10.2. The largest absolute Gasteiger partial charge is 0.458 e. The molecule has 0 spiro atoms. The first-order chi connectivity index (χ1) is 17.8. The van der Waals surface area contributed by atoms with Gasteiger partial charge < -0.3 is 14.2 Å². The highest BCUT2D eigenvalue weighted by Gasteiger charge is 2.65. The van der Waals surface area contributed by atoms with Crippen molar-refractivity contribution in [3.05, 3.63) is 59.7 Å². The van der Waals surface area contributed by atoms with Crippen LogP contribution in [-0.4, -0.2) is 41.5 Å². The van der Waals surface area contributed by atoms with E-state index in [1.54, 1.807) is 37.3 Å². The van der Waals surface area contributed by atoms with Gasteiger partial charge in [0.05, 0.1) is 11.5 Å². The first-order valence-electron chi connectivity index (χ1n) is 13.3. The average Bonchev–Trinajstić information content (AvgIpc) is 3.24. The molecule has 3 aliphatic carbocycles. The lowest BCUT2D eigenvalue weighted by Gasteiger charge is -2.39. The van der Waals surface area contributed by atoms with Gasteiger partial charge in [-0.15, -0.1) is 0 Å². The number of fused-ring (bicyclic) bond motifs is 2. The van der Waals surface area contributed by atoms with E-state index in [4.69, 9.17) is 14.2 Å². The van der Waals surface area contributed by atoms with Gasteiger partial charge in [-0.25, -0.2) is 4.79 Å². The third-order valence-electron chi connectivity index (χ3n) is 8.77. The zero-order chi connectivity index (χ0) is 28.0. The van der Waals surface area contributed by atoms with Crippen molar-refractivity contribution in [1.82, 2.24) is 0 Å². The maximum atomic E-state index is 14.3. The first kappa shape index (κ1) is 27.8. The lowest BCUT2D eigenvalue weighted by atomic mass is 9.76. The Bertz CT molecular complexity index is 1180. The zero-order valence-corrected chi connectivity index (χ0v) is 23.1. The summed E-state index contributed by atoms with van der Waals surface area (Å²) in [5.74, 6) is -2.89. The maximum absolute atomic E-state index is 14.3. The summed E-state index contributed by atoms with van der Waals surface area (Å²) in [6.45, 7) is 14.8. The maximum Gasteiger partial charge on any atom is 0.338 e. The normalized spacial score (nSPS) is 35.5. The smallest absolute Gasteiger partial charge is 0.338 e. The van der Waals surface area contributed by atoms with Crippen LogP contribution >= 0.6 is 0 Å². The molecule has 0 bridgehead atoms. The highest BCUT2D eigenvalue weighted by Crippen LogP contribution is 2.62. The molecule has 7 heteroatoms. The number of allylic oxidation sites excluding steroid dienone is 1. The van der Waals surface area contributed by atoms with Gasteiger partial charge in [0.15, 0.2) is 5.60 Å². The molecule has 0 heterocycles. The van der Waals surface area contributed by atoms with Gasteiger partial charge >= 0.3 is 17.9 Å². The monoisotopic (exact) mass is 522 g/mol. The quantitative estimate of drug-likeness (QED) is 0.303. The molecule has 0 aromatic heterocycles. The highest BCUT2D eigenvalue weighted by molar-refractivity contribution is 6.03. The molecule has 7 atom stereocenters. The molecule has 7 nitrogen and oxygen atoms in total. The predicted octanol–water partition coefficient (Wildman–Crippen LogP) is 5.24. The number of ether oxygens (including phenoxy) is 3. The molecule has 3 aliphatic rings. The zero-order valence-electron chi connectivity index (χ0n) is 23.1. The Hall–Kier alpha value is -3.22. The van der Waals surface area contributed by atoms with Crippen LogP contribution in [0.25, 0.3) is 0 Å². The highest BCUT2D eigenvalue weighted by atomic mass is 16.6. The van der Waals surface area contributed by atoms with Crippen LogP contribution in [0.3, 0.4) is 0 Å². The van der Waals surface area contributed by atoms with E-state index in [-0.39, 0.29) is 29.5 Å². The fraction of sp³-hybridized carbons (Fsp3) is 0.548. The summed E-state index contributed by atoms with van der Waals surface area (Å²) in [4.78, 5) is 52.4. The third kappa shape index (κ3) is 4.95. The summed E-state index contributed by atoms with van der Waals surface area (Å²) in [6.07, 6.45) is 1.63. The van der Waals surface area contributed by atoms with Gasteiger partial charge in [-0.05, 0) is 66.2 Å². The number of esters is 3. The van der Waals surface area contributed by atoms with E-state index < -0.39 is 41.6 Å². The minimum Gasteiger partial charge on any atom is -0.458 e.